The minimum absolute atomic E-state index is 0.0395. The lowest BCUT2D eigenvalue weighted by Gasteiger charge is -2.30. The second-order valence-corrected chi connectivity index (χ2v) is 7.32. The Labute approximate surface area is 175 Å². The van der Waals surface area contributed by atoms with E-state index in [0.29, 0.717) is 53.7 Å². The zero-order chi connectivity index (χ0) is 21.0. The van der Waals surface area contributed by atoms with Crippen LogP contribution in [0.3, 0.4) is 0 Å². The molecule has 2 aromatic rings. The molecule has 1 saturated heterocycles. The Morgan fingerprint density at radius 3 is 2.52 bits per heavy atom. The van der Waals surface area contributed by atoms with E-state index in [1.807, 2.05) is 12.1 Å². The summed E-state index contributed by atoms with van der Waals surface area (Å²) < 4.78 is 5.39. The second kappa shape index (κ2) is 8.99. The van der Waals surface area contributed by atoms with Gasteiger partial charge in [-0.15, -0.1) is 0 Å². The van der Waals surface area contributed by atoms with E-state index in [1.54, 1.807) is 38.1 Å². The van der Waals surface area contributed by atoms with Gasteiger partial charge < -0.3 is 20.1 Å². The number of phenols is 1. The van der Waals surface area contributed by atoms with E-state index in [2.05, 4.69) is 10.2 Å². The second-order valence-electron chi connectivity index (χ2n) is 6.89. The van der Waals surface area contributed by atoms with Crippen molar-refractivity contribution >= 4 is 35.0 Å². The molecular weight excluding hydrogens is 390 g/mol. The Morgan fingerprint density at radius 1 is 1.24 bits per heavy atom. The van der Waals surface area contributed by atoms with E-state index in [0.717, 1.165) is 5.69 Å². The fourth-order valence-corrected chi connectivity index (χ4v) is 3.44. The first-order chi connectivity index (χ1) is 13.9. The van der Waals surface area contributed by atoms with E-state index >= 15 is 0 Å². The SMILES string of the molecule is Cc1cc(/C=C(\C#N)C(=O)Nc2cc(Cl)ccc2N2CCOCC2)cc(C)c1O. The first-order valence-electron chi connectivity index (χ1n) is 9.24. The maximum Gasteiger partial charge on any atom is 0.266 e. The van der Waals surface area contributed by atoms with Crippen molar-refractivity contribution in [2.45, 2.75) is 13.8 Å². The number of hydrogen-bond acceptors (Lipinski definition) is 5. The lowest BCUT2D eigenvalue weighted by molar-refractivity contribution is -0.112. The first kappa shape index (κ1) is 20.7. The van der Waals surface area contributed by atoms with Crippen LogP contribution in [-0.2, 0) is 9.53 Å². The number of carbonyl (C=O) groups excluding carboxylic acids is 1. The molecule has 0 radical (unpaired) electrons. The zero-order valence-electron chi connectivity index (χ0n) is 16.3. The number of carbonyl (C=O) groups is 1. The Bertz CT molecular complexity index is 982. The van der Waals surface area contributed by atoms with Crippen molar-refractivity contribution in [3.63, 3.8) is 0 Å². The maximum atomic E-state index is 12.8. The minimum Gasteiger partial charge on any atom is -0.507 e. The van der Waals surface area contributed by atoms with Crippen LogP contribution in [0, 0.1) is 25.2 Å². The Morgan fingerprint density at radius 2 is 1.90 bits per heavy atom. The van der Waals surface area contributed by atoms with Crippen molar-refractivity contribution in [2.24, 2.45) is 0 Å². The number of nitrogens with one attached hydrogen (secondary N) is 1. The average Bonchev–Trinajstić information content (AvgIpc) is 2.70. The summed E-state index contributed by atoms with van der Waals surface area (Å²) >= 11 is 6.13. The van der Waals surface area contributed by atoms with Gasteiger partial charge in [0.2, 0.25) is 0 Å². The summed E-state index contributed by atoms with van der Waals surface area (Å²) in [7, 11) is 0. The summed E-state index contributed by atoms with van der Waals surface area (Å²) in [5.41, 5.74) is 3.37. The zero-order valence-corrected chi connectivity index (χ0v) is 17.1. The van der Waals surface area contributed by atoms with Crippen molar-refractivity contribution < 1.29 is 14.6 Å². The highest BCUT2D eigenvalue weighted by Gasteiger charge is 2.18. The molecule has 0 bridgehead atoms. The molecule has 0 aliphatic carbocycles. The van der Waals surface area contributed by atoms with Crippen molar-refractivity contribution in [1.82, 2.24) is 0 Å². The third-order valence-electron chi connectivity index (χ3n) is 4.75. The normalized spacial score (nSPS) is 14.4. The summed E-state index contributed by atoms with van der Waals surface area (Å²) in [6.07, 6.45) is 1.51. The summed E-state index contributed by atoms with van der Waals surface area (Å²) in [6.45, 7) is 6.17. The van der Waals surface area contributed by atoms with Gasteiger partial charge in [-0.3, -0.25) is 4.79 Å². The molecule has 150 valence electrons. The van der Waals surface area contributed by atoms with Crippen LogP contribution in [0.4, 0.5) is 11.4 Å². The molecule has 2 aromatic carbocycles. The van der Waals surface area contributed by atoms with Gasteiger partial charge in [0.1, 0.15) is 17.4 Å². The molecule has 0 aromatic heterocycles. The number of aromatic hydroxyl groups is 1. The Kier molecular flexibility index (Phi) is 6.42. The summed E-state index contributed by atoms with van der Waals surface area (Å²) in [6, 6.07) is 10.7. The van der Waals surface area contributed by atoms with E-state index in [-0.39, 0.29) is 11.3 Å². The Balaban J connectivity index is 1.88. The van der Waals surface area contributed by atoms with Crippen LogP contribution in [0.1, 0.15) is 16.7 Å². The molecule has 2 N–H and O–H groups in total. The highest BCUT2D eigenvalue weighted by molar-refractivity contribution is 6.31. The fraction of sp³-hybridized carbons (Fsp3) is 0.273. The predicted octanol–water partition coefficient (Wildman–Crippen LogP) is 4.04. The molecule has 1 amide bonds. The van der Waals surface area contributed by atoms with Crippen molar-refractivity contribution in [3.05, 3.63) is 57.6 Å². The number of morpholine rings is 1. The number of ether oxygens (including phenoxy) is 1. The van der Waals surface area contributed by atoms with Gasteiger partial charge in [0.05, 0.1) is 24.6 Å². The predicted molar refractivity (Wildman–Crippen MR) is 114 cm³/mol. The van der Waals surface area contributed by atoms with Gasteiger partial charge in [0.15, 0.2) is 0 Å². The van der Waals surface area contributed by atoms with Gasteiger partial charge in [0, 0.05) is 18.1 Å². The van der Waals surface area contributed by atoms with Crippen LogP contribution in [0.5, 0.6) is 5.75 Å². The van der Waals surface area contributed by atoms with E-state index in [4.69, 9.17) is 16.3 Å². The molecule has 1 heterocycles. The summed E-state index contributed by atoms with van der Waals surface area (Å²) in [5.74, 6) is -0.313. The van der Waals surface area contributed by atoms with Crippen LogP contribution in [0.2, 0.25) is 5.02 Å². The molecule has 1 aliphatic heterocycles. The number of nitrogens with zero attached hydrogens (tertiary/aromatic N) is 2. The smallest absolute Gasteiger partial charge is 0.266 e. The average molecular weight is 412 g/mol. The van der Waals surface area contributed by atoms with Crippen LogP contribution in [0.15, 0.2) is 35.9 Å². The number of anilines is 2. The third kappa shape index (κ3) is 4.89. The van der Waals surface area contributed by atoms with E-state index < -0.39 is 5.91 Å². The minimum atomic E-state index is -0.521. The van der Waals surface area contributed by atoms with Crippen LogP contribution in [-0.4, -0.2) is 37.3 Å². The number of amides is 1. The number of rotatable bonds is 4. The van der Waals surface area contributed by atoms with E-state index in [1.165, 1.54) is 6.08 Å². The number of hydrogen-bond donors (Lipinski definition) is 2. The van der Waals surface area contributed by atoms with Crippen molar-refractivity contribution in [3.8, 4) is 11.8 Å². The van der Waals surface area contributed by atoms with Crippen LogP contribution < -0.4 is 10.2 Å². The monoisotopic (exact) mass is 411 g/mol. The number of benzene rings is 2. The number of nitriles is 1. The molecular formula is C22H22ClN3O3. The van der Waals surface area contributed by atoms with E-state index in [9.17, 15) is 15.2 Å². The molecule has 7 heteroatoms. The largest absolute Gasteiger partial charge is 0.507 e. The number of halogens is 1. The summed E-state index contributed by atoms with van der Waals surface area (Å²) in [5, 5.41) is 22.7. The quantitative estimate of drug-likeness (QED) is 0.585. The van der Waals surface area contributed by atoms with Crippen molar-refractivity contribution in [2.75, 3.05) is 36.5 Å². The molecule has 0 unspecified atom stereocenters. The number of aryl methyl sites for hydroxylation is 2. The first-order valence-corrected chi connectivity index (χ1v) is 9.62. The molecule has 0 saturated carbocycles. The van der Waals surface area contributed by atoms with Gasteiger partial charge in [-0.25, -0.2) is 0 Å². The maximum absolute atomic E-state index is 12.8. The molecule has 29 heavy (non-hydrogen) atoms. The van der Waals surface area contributed by atoms with Gasteiger partial charge in [0.25, 0.3) is 5.91 Å². The fourth-order valence-electron chi connectivity index (χ4n) is 3.27. The standard InChI is InChI=1S/C22H22ClN3O3/c1-14-9-16(10-15(2)21(14)27)11-17(13-24)22(28)25-19-12-18(23)3-4-20(19)26-5-7-29-8-6-26/h3-4,9-12,27H,5-8H2,1-2H3,(H,25,28)/b17-11+. The topological polar surface area (TPSA) is 85.6 Å². The molecule has 3 rings (SSSR count). The number of phenolic OH excluding ortho intramolecular Hbond substituents is 1. The third-order valence-corrected chi connectivity index (χ3v) is 4.98. The van der Waals surface area contributed by atoms with Gasteiger partial charge in [-0.1, -0.05) is 11.6 Å². The van der Waals surface area contributed by atoms with Gasteiger partial charge in [-0.05, 0) is 66.9 Å². The molecule has 0 atom stereocenters. The Hall–Kier alpha value is -3.01. The highest BCUT2D eigenvalue weighted by Crippen LogP contribution is 2.30. The van der Waals surface area contributed by atoms with Gasteiger partial charge in [-0.2, -0.15) is 5.26 Å². The molecule has 1 aliphatic rings. The van der Waals surface area contributed by atoms with Crippen molar-refractivity contribution in [1.29, 1.82) is 5.26 Å². The molecule has 0 spiro atoms. The molecule has 1 fully saturated rings. The lowest BCUT2D eigenvalue weighted by atomic mass is 10.0. The lowest BCUT2D eigenvalue weighted by Crippen LogP contribution is -2.36. The highest BCUT2D eigenvalue weighted by atomic mass is 35.5. The summed E-state index contributed by atoms with van der Waals surface area (Å²) in [4.78, 5) is 14.9. The van der Waals surface area contributed by atoms with Crippen LogP contribution in [0.25, 0.3) is 6.08 Å². The van der Waals surface area contributed by atoms with Crippen LogP contribution >= 0.6 is 11.6 Å². The van der Waals surface area contributed by atoms with Gasteiger partial charge >= 0.3 is 0 Å². The molecule has 6 nitrogen and oxygen atoms in total.